The highest BCUT2D eigenvalue weighted by molar-refractivity contribution is 7.89. The van der Waals surface area contributed by atoms with Crippen LogP contribution in [-0.2, 0) is 16.4 Å². The molecule has 8 heteroatoms. The number of furan rings is 1. The van der Waals surface area contributed by atoms with Gasteiger partial charge in [-0.25, -0.2) is 13.1 Å². The Kier molecular flexibility index (Phi) is 6.26. The average Bonchev–Trinajstić information content (AvgIpc) is 3.20. The Balaban J connectivity index is 1.84. The second-order valence-electron chi connectivity index (χ2n) is 6.54. The number of hydrogen-bond acceptors (Lipinski definition) is 5. The van der Waals surface area contributed by atoms with Crippen molar-refractivity contribution in [1.82, 2.24) is 4.72 Å². The van der Waals surface area contributed by atoms with Gasteiger partial charge < -0.3 is 4.42 Å². The molecule has 1 heterocycles. The van der Waals surface area contributed by atoms with Gasteiger partial charge in [-0.15, -0.1) is 0 Å². The molecule has 0 aliphatic rings. The molecule has 1 N–H and O–H groups in total. The normalized spacial score (nSPS) is 12.9. The monoisotopic (exact) mass is 412 g/mol. The molecule has 0 amide bonds. The quantitative estimate of drug-likeness (QED) is 0.443. The lowest BCUT2D eigenvalue weighted by molar-refractivity contribution is -0.384. The number of nitrogens with one attached hydrogen (secondary N) is 1. The van der Waals surface area contributed by atoms with Crippen LogP contribution in [0.25, 0.3) is 6.08 Å². The maximum absolute atomic E-state index is 12.8. The molecule has 1 atom stereocenters. The van der Waals surface area contributed by atoms with E-state index >= 15 is 0 Å². The summed E-state index contributed by atoms with van der Waals surface area (Å²) in [6.07, 6.45) is 5.24. The van der Waals surface area contributed by atoms with E-state index in [0.717, 1.165) is 11.1 Å². The molecule has 3 rings (SSSR count). The number of nitrogens with zero attached hydrogens (tertiary/aromatic N) is 1. The first kappa shape index (κ1) is 20.5. The highest BCUT2D eigenvalue weighted by atomic mass is 32.2. The van der Waals surface area contributed by atoms with Gasteiger partial charge in [0.25, 0.3) is 5.69 Å². The third-order valence-corrected chi connectivity index (χ3v) is 5.78. The van der Waals surface area contributed by atoms with Crippen molar-refractivity contribution in [2.75, 3.05) is 0 Å². The standard InChI is InChI=1S/C21H20N2O5S/c1-16-4-12-21(13-5-16)29(26,27)22-18(8-11-20-3-2-14-28-20)15-17-6-9-19(10-7-17)23(24)25/h2-14,18,22H,15H2,1H3/b11-8+. The van der Waals surface area contributed by atoms with Gasteiger partial charge in [-0.3, -0.25) is 10.1 Å². The van der Waals surface area contributed by atoms with Gasteiger partial charge in [-0.1, -0.05) is 35.9 Å². The number of non-ortho nitro benzene ring substituents is 1. The van der Waals surface area contributed by atoms with E-state index in [0.29, 0.717) is 12.2 Å². The van der Waals surface area contributed by atoms with E-state index in [1.165, 1.54) is 18.4 Å². The average molecular weight is 412 g/mol. The molecular weight excluding hydrogens is 392 g/mol. The zero-order valence-electron chi connectivity index (χ0n) is 15.7. The van der Waals surface area contributed by atoms with E-state index in [1.54, 1.807) is 60.7 Å². The van der Waals surface area contributed by atoms with Crippen LogP contribution in [0.15, 0.2) is 82.3 Å². The van der Waals surface area contributed by atoms with Crippen molar-refractivity contribution in [2.45, 2.75) is 24.3 Å². The molecule has 7 nitrogen and oxygen atoms in total. The minimum Gasteiger partial charge on any atom is -0.465 e. The van der Waals surface area contributed by atoms with Crippen molar-refractivity contribution in [1.29, 1.82) is 0 Å². The molecule has 0 fully saturated rings. The minimum atomic E-state index is -3.75. The van der Waals surface area contributed by atoms with E-state index in [9.17, 15) is 18.5 Å². The Morgan fingerprint density at radius 3 is 2.38 bits per heavy atom. The molecule has 0 spiro atoms. The summed E-state index contributed by atoms with van der Waals surface area (Å²) in [5.74, 6) is 0.591. The molecule has 1 unspecified atom stereocenters. The molecule has 150 valence electrons. The zero-order chi connectivity index (χ0) is 20.9. The van der Waals surface area contributed by atoms with Crippen molar-refractivity contribution in [3.05, 3.63) is 100 Å². The van der Waals surface area contributed by atoms with E-state index in [1.807, 2.05) is 6.92 Å². The highest BCUT2D eigenvalue weighted by Crippen LogP contribution is 2.16. The molecule has 0 saturated heterocycles. The fourth-order valence-electron chi connectivity index (χ4n) is 2.74. The lowest BCUT2D eigenvalue weighted by Gasteiger charge is -2.16. The van der Waals surface area contributed by atoms with E-state index in [2.05, 4.69) is 4.72 Å². The van der Waals surface area contributed by atoms with Crippen molar-refractivity contribution >= 4 is 21.8 Å². The first-order valence-corrected chi connectivity index (χ1v) is 10.4. The predicted molar refractivity (Wildman–Crippen MR) is 110 cm³/mol. The van der Waals surface area contributed by atoms with Crippen molar-refractivity contribution in [3.8, 4) is 0 Å². The van der Waals surface area contributed by atoms with Crippen LogP contribution in [0.2, 0.25) is 0 Å². The van der Waals surface area contributed by atoms with E-state index in [-0.39, 0.29) is 10.6 Å². The van der Waals surface area contributed by atoms with Crippen LogP contribution < -0.4 is 4.72 Å². The van der Waals surface area contributed by atoms with Gasteiger partial charge in [-0.2, -0.15) is 0 Å². The fraction of sp³-hybridized carbons (Fsp3) is 0.143. The van der Waals surface area contributed by atoms with Crippen molar-refractivity contribution in [2.24, 2.45) is 0 Å². The molecule has 0 saturated carbocycles. The van der Waals surface area contributed by atoms with Crippen molar-refractivity contribution in [3.63, 3.8) is 0 Å². The Morgan fingerprint density at radius 2 is 1.79 bits per heavy atom. The van der Waals surface area contributed by atoms with Crippen LogP contribution in [0.1, 0.15) is 16.9 Å². The van der Waals surface area contributed by atoms with Gasteiger partial charge in [0.2, 0.25) is 10.0 Å². The molecule has 3 aromatic rings. The van der Waals surface area contributed by atoms with Gasteiger partial charge >= 0.3 is 0 Å². The number of rotatable bonds is 8. The summed E-state index contributed by atoms with van der Waals surface area (Å²) in [5, 5.41) is 10.8. The second kappa shape index (κ2) is 8.85. The summed E-state index contributed by atoms with van der Waals surface area (Å²) in [7, 11) is -3.75. The van der Waals surface area contributed by atoms with Crippen LogP contribution in [0, 0.1) is 17.0 Å². The summed E-state index contributed by atoms with van der Waals surface area (Å²) in [4.78, 5) is 10.5. The van der Waals surface area contributed by atoms with Crippen LogP contribution >= 0.6 is 0 Å². The Bertz CT molecular complexity index is 1090. The summed E-state index contributed by atoms with van der Waals surface area (Å²) in [5.41, 5.74) is 1.71. The number of benzene rings is 2. The number of hydrogen-bond donors (Lipinski definition) is 1. The Hall–Kier alpha value is -3.23. The lowest BCUT2D eigenvalue weighted by atomic mass is 10.1. The van der Waals surface area contributed by atoms with Crippen LogP contribution in [0.3, 0.4) is 0 Å². The van der Waals surface area contributed by atoms with Gasteiger partial charge in [0.05, 0.1) is 16.1 Å². The minimum absolute atomic E-state index is 0.0170. The molecule has 0 bridgehead atoms. The molecule has 0 aliphatic carbocycles. The topological polar surface area (TPSA) is 102 Å². The summed E-state index contributed by atoms with van der Waals surface area (Å²) >= 11 is 0. The van der Waals surface area contributed by atoms with Crippen LogP contribution in [0.4, 0.5) is 5.69 Å². The van der Waals surface area contributed by atoms with Gasteiger partial charge in [0, 0.05) is 18.2 Å². The Labute approximate surface area is 168 Å². The SMILES string of the molecule is Cc1ccc(S(=O)(=O)NC(/C=C/c2ccco2)Cc2ccc([N+](=O)[O-])cc2)cc1. The maximum Gasteiger partial charge on any atom is 0.269 e. The number of sulfonamides is 1. The fourth-order valence-corrected chi connectivity index (χ4v) is 3.93. The maximum atomic E-state index is 12.8. The number of nitro groups is 1. The van der Waals surface area contributed by atoms with Gasteiger partial charge in [0.1, 0.15) is 5.76 Å². The first-order chi connectivity index (χ1) is 13.8. The number of aryl methyl sites for hydroxylation is 1. The summed E-state index contributed by atoms with van der Waals surface area (Å²) in [6, 6.07) is 15.5. The summed E-state index contributed by atoms with van der Waals surface area (Å²) < 4.78 is 33.5. The zero-order valence-corrected chi connectivity index (χ0v) is 16.5. The predicted octanol–water partition coefficient (Wildman–Crippen LogP) is 4.10. The largest absolute Gasteiger partial charge is 0.465 e. The molecule has 1 aromatic heterocycles. The van der Waals surface area contributed by atoms with Crippen LogP contribution in [-0.4, -0.2) is 19.4 Å². The molecule has 0 aliphatic heterocycles. The molecule has 29 heavy (non-hydrogen) atoms. The molecular formula is C21H20N2O5S. The summed E-state index contributed by atoms with van der Waals surface area (Å²) in [6.45, 7) is 1.88. The number of nitro benzene ring substituents is 1. The van der Waals surface area contributed by atoms with Crippen LogP contribution in [0.5, 0.6) is 0 Å². The van der Waals surface area contributed by atoms with Crippen molar-refractivity contribution < 1.29 is 17.8 Å². The molecule has 2 aromatic carbocycles. The Morgan fingerprint density at radius 1 is 1.10 bits per heavy atom. The van der Waals surface area contributed by atoms with E-state index in [4.69, 9.17) is 4.42 Å². The lowest BCUT2D eigenvalue weighted by Crippen LogP contribution is -2.35. The van der Waals surface area contributed by atoms with Gasteiger partial charge in [-0.05, 0) is 49.2 Å². The smallest absolute Gasteiger partial charge is 0.269 e. The molecule has 0 radical (unpaired) electrons. The first-order valence-electron chi connectivity index (χ1n) is 8.87. The second-order valence-corrected chi connectivity index (χ2v) is 8.26. The third kappa shape index (κ3) is 5.63. The third-order valence-electron chi connectivity index (χ3n) is 4.28. The highest BCUT2D eigenvalue weighted by Gasteiger charge is 2.19. The van der Waals surface area contributed by atoms with E-state index < -0.39 is 21.0 Å². The van der Waals surface area contributed by atoms with Gasteiger partial charge in [0.15, 0.2) is 0 Å².